The van der Waals surface area contributed by atoms with Crippen LogP contribution in [-0.2, 0) is 0 Å². The van der Waals surface area contributed by atoms with E-state index in [1.807, 2.05) is 37.3 Å². The second-order valence-corrected chi connectivity index (χ2v) is 3.80. The second kappa shape index (κ2) is 5.69. The highest BCUT2D eigenvalue weighted by Crippen LogP contribution is 2.28. The number of aliphatic hydroxyl groups is 2. The highest BCUT2D eigenvalue weighted by atomic mass is 16.3. The molecule has 0 fully saturated rings. The van der Waals surface area contributed by atoms with Crippen molar-refractivity contribution in [2.24, 2.45) is 5.92 Å². The van der Waals surface area contributed by atoms with Crippen LogP contribution in [0.2, 0.25) is 0 Å². The minimum atomic E-state index is -0.0719. The van der Waals surface area contributed by atoms with Crippen molar-refractivity contribution in [3.63, 3.8) is 0 Å². The Bertz CT molecular complexity index is 306. The summed E-state index contributed by atoms with van der Waals surface area (Å²) in [6.45, 7) is 5.78. The second-order valence-electron chi connectivity index (χ2n) is 3.80. The number of benzene rings is 1. The lowest BCUT2D eigenvalue weighted by Crippen LogP contribution is -2.18. The van der Waals surface area contributed by atoms with Crippen molar-refractivity contribution in [3.8, 4) is 0 Å². The largest absolute Gasteiger partial charge is 0.396 e. The highest BCUT2D eigenvalue weighted by molar-refractivity contribution is 5.22. The minimum absolute atomic E-state index is 0.0233. The van der Waals surface area contributed by atoms with Gasteiger partial charge in [-0.2, -0.15) is 0 Å². The molecule has 0 saturated heterocycles. The van der Waals surface area contributed by atoms with E-state index in [0.717, 1.165) is 5.56 Å². The summed E-state index contributed by atoms with van der Waals surface area (Å²) in [5.41, 5.74) is 1.85. The molecule has 1 aromatic rings. The van der Waals surface area contributed by atoms with Crippen LogP contribution >= 0.6 is 0 Å². The van der Waals surface area contributed by atoms with Gasteiger partial charge in [-0.25, -0.2) is 0 Å². The van der Waals surface area contributed by atoms with Crippen LogP contribution in [0.5, 0.6) is 0 Å². The first kappa shape index (κ1) is 12.0. The van der Waals surface area contributed by atoms with Crippen molar-refractivity contribution in [1.82, 2.24) is 0 Å². The van der Waals surface area contributed by atoms with E-state index in [2.05, 4.69) is 6.58 Å². The molecular formula is C13H18O2. The summed E-state index contributed by atoms with van der Waals surface area (Å²) in [6, 6.07) is 9.96. The fraction of sp³-hybridized carbons (Fsp3) is 0.385. The van der Waals surface area contributed by atoms with E-state index in [1.165, 1.54) is 0 Å². The Morgan fingerprint density at radius 3 is 2.33 bits per heavy atom. The average Bonchev–Trinajstić information content (AvgIpc) is 2.30. The van der Waals surface area contributed by atoms with Crippen LogP contribution in [0.3, 0.4) is 0 Å². The number of aliphatic hydroxyl groups excluding tert-OH is 2. The van der Waals surface area contributed by atoms with Gasteiger partial charge in [-0.05, 0) is 17.1 Å². The fourth-order valence-electron chi connectivity index (χ4n) is 1.75. The molecule has 2 N–H and O–H groups in total. The quantitative estimate of drug-likeness (QED) is 0.723. The van der Waals surface area contributed by atoms with Crippen LogP contribution in [0.25, 0.3) is 0 Å². The summed E-state index contributed by atoms with van der Waals surface area (Å²) in [6.07, 6.45) is 0. The summed E-state index contributed by atoms with van der Waals surface area (Å²) in [4.78, 5) is 0. The Labute approximate surface area is 90.9 Å². The highest BCUT2D eigenvalue weighted by Gasteiger charge is 2.20. The molecule has 0 radical (unpaired) electrons. The van der Waals surface area contributed by atoms with Crippen LogP contribution in [0.1, 0.15) is 18.4 Å². The third kappa shape index (κ3) is 2.91. The zero-order valence-electron chi connectivity index (χ0n) is 9.06. The van der Waals surface area contributed by atoms with Gasteiger partial charge < -0.3 is 10.2 Å². The maximum Gasteiger partial charge on any atom is 0.0642 e. The van der Waals surface area contributed by atoms with E-state index in [-0.39, 0.29) is 25.0 Å². The maximum absolute atomic E-state index is 9.29. The standard InChI is InChI=1S/C13H18O2/c1-10(8-14)13(9-15)11(2)12-6-4-3-5-7-12/h3-7,11,13-15H,1,8-9H2,2H3/t11-,13-/m1/s1. The first-order chi connectivity index (χ1) is 7.20. The number of hydrogen-bond donors (Lipinski definition) is 2. The van der Waals surface area contributed by atoms with Gasteiger partial charge in [0.25, 0.3) is 0 Å². The molecule has 0 heterocycles. The van der Waals surface area contributed by atoms with Gasteiger partial charge in [0, 0.05) is 5.92 Å². The molecule has 0 aliphatic carbocycles. The zero-order valence-corrected chi connectivity index (χ0v) is 9.06. The van der Waals surface area contributed by atoms with E-state index in [4.69, 9.17) is 5.11 Å². The first-order valence-electron chi connectivity index (χ1n) is 5.15. The molecular weight excluding hydrogens is 188 g/mol. The van der Waals surface area contributed by atoms with Gasteiger partial charge in [0.2, 0.25) is 0 Å². The van der Waals surface area contributed by atoms with E-state index in [0.29, 0.717) is 5.57 Å². The van der Waals surface area contributed by atoms with Crippen molar-refractivity contribution in [2.45, 2.75) is 12.8 Å². The summed E-state index contributed by atoms with van der Waals surface area (Å²) < 4.78 is 0. The topological polar surface area (TPSA) is 40.5 Å². The lowest BCUT2D eigenvalue weighted by atomic mass is 9.84. The molecule has 2 heteroatoms. The summed E-state index contributed by atoms with van der Waals surface area (Å²) in [5, 5.41) is 18.3. The average molecular weight is 206 g/mol. The lowest BCUT2D eigenvalue weighted by molar-refractivity contribution is 0.212. The molecule has 0 amide bonds. The normalized spacial score (nSPS) is 14.6. The molecule has 0 aromatic heterocycles. The van der Waals surface area contributed by atoms with Gasteiger partial charge >= 0.3 is 0 Å². The predicted octanol–water partition coefficient (Wildman–Crippen LogP) is 1.95. The molecule has 0 saturated carbocycles. The van der Waals surface area contributed by atoms with E-state index >= 15 is 0 Å². The van der Waals surface area contributed by atoms with Crippen molar-refractivity contribution in [2.75, 3.05) is 13.2 Å². The Hall–Kier alpha value is -1.12. The summed E-state index contributed by atoms with van der Waals surface area (Å²) >= 11 is 0. The Kier molecular flexibility index (Phi) is 4.53. The molecule has 0 bridgehead atoms. The molecule has 0 spiro atoms. The van der Waals surface area contributed by atoms with Crippen LogP contribution in [0.15, 0.2) is 42.5 Å². The zero-order chi connectivity index (χ0) is 11.3. The molecule has 82 valence electrons. The monoisotopic (exact) mass is 206 g/mol. The molecule has 0 unspecified atom stereocenters. The predicted molar refractivity (Wildman–Crippen MR) is 61.7 cm³/mol. The SMILES string of the molecule is C=C(CO)[C@@H](CO)[C@H](C)c1ccccc1. The van der Waals surface area contributed by atoms with Gasteiger partial charge in [-0.15, -0.1) is 0 Å². The van der Waals surface area contributed by atoms with Crippen LogP contribution < -0.4 is 0 Å². The Morgan fingerprint density at radius 2 is 1.87 bits per heavy atom. The van der Waals surface area contributed by atoms with E-state index < -0.39 is 0 Å². The minimum Gasteiger partial charge on any atom is -0.396 e. The van der Waals surface area contributed by atoms with Gasteiger partial charge in [-0.1, -0.05) is 43.8 Å². The van der Waals surface area contributed by atoms with Crippen molar-refractivity contribution < 1.29 is 10.2 Å². The van der Waals surface area contributed by atoms with Gasteiger partial charge in [-0.3, -0.25) is 0 Å². The van der Waals surface area contributed by atoms with Gasteiger partial charge in [0.1, 0.15) is 0 Å². The molecule has 2 atom stereocenters. The summed E-state index contributed by atoms with van der Waals surface area (Å²) in [7, 11) is 0. The van der Waals surface area contributed by atoms with Crippen molar-refractivity contribution in [1.29, 1.82) is 0 Å². The number of hydrogen-bond acceptors (Lipinski definition) is 2. The molecule has 1 rings (SSSR count). The fourth-order valence-corrected chi connectivity index (χ4v) is 1.75. The molecule has 2 nitrogen and oxygen atoms in total. The van der Waals surface area contributed by atoms with Gasteiger partial charge in [0.15, 0.2) is 0 Å². The third-order valence-corrected chi connectivity index (χ3v) is 2.85. The Morgan fingerprint density at radius 1 is 1.27 bits per heavy atom. The first-order valence-corrected chi connectivity index (χ1v) is 5.15. The summed E-state index contributed by atoms with van der Waals surface area (Å²) in [5.74, 6) is 0.105. The van der Waals surface area contributed by atoms with E-state index in [1.54, 1.807) is 0 Å². The Balaban J connectivity index is 2.82. The molecule has 0 aliphatic heterocycles. The lowest BCUT2D eigenvalue weighted by Gasteiger charge is -2.23. The van der Waals surface area contributed by atoms with Crippen molar-refractivity contribution >= 4 is 0 Å². The van der Waals surface area contributed by atoms with Crippen LogP contribution in [0, 0.1) is 5.92 Å². The van der Waals surface area contributed by atoms with Gasteiger partial charge in [0.05, 0.1) is 13.2 Å². The molecule has 15 heavy (non-hydrogen) atoms. The van der Waals surface area contributed by atoms with Crippen molar-refractivity contribution in [3.05, 3.63) is 48.0 Å². The van der Waals surface area contributed by atoms with E-state index in [9.17, 15) is 5.11 Å². The van der Waals surface area contributed by atoms with Crippen LogP contribution in [0.4, 0.5) is 0 Å². The number of rotatable bonds is 5. The molecule has 1 aromatic carbocycles. The molecule has 0 aliphatic rings. The smallest absolute Gasteiger partial charge is 0.0642 e. The third-order valence-electron chi connectivity index (χ3n) is 2.85. The maximum atomic E-state index is 9.29. The van der Waals surface area contributed by atoms with Crippen LogP contribution in [-0.4, -0.2) is 23.4 Å².